The maximum absolute atomic E-state index is 4.68. The zero-order chi connectivity index (χ0) is 13.7. The lowest BCUT2D eigenvalue weighted by molar-refractivity contribution is 0.410. The van der Waals surface area contributed by atoms with Crippen molar-refractivity contribution in [1.29, 1.82) is 0 Å². The van der Waals surface area contributed by atoms with Gasteiger partial charge in [0.2, 0.25) is 6.39 Å². The lowest BCUT2D eigenvalue weighted by Crippen LogP contribution is -2.10. The van der Waals surface area contributed by atoms with Crippen molar-refractivity contribution in [2.75, 3.05) is 24.2 Å². The van der Waals surface area contributed by atoms with E-state index in [2.05, 4.69) is 49.1 Å². The van der Waals surface area contributed by atoms with Crippen LogP contribution in [0.15, 0.2) is 17.0 Å². The molecule has 0 amide bonds. The van der Waals surface area contributed by atoms with E-state index < -0.39 is 0 Å². The summed E-state index contributed by atoms with van der Waals surface area (Å²) in [7, 11) is 1.84. The molecule has 2 heterocycles. The molecule has 0 bridgehead atoms. The SMILES string of the molecule is CNc1cc(NCCc2ncon2)nc(C(C)C)n1. The Labute approximate surface area is 111 Å². The van der Waals surface area contributed by atoms with Crippen LogP contribution in [0.2, 0.25) is 0 Å². The average Bonchev–Trinajstić information content (AvgIpc) is 2.91. The van der Waals surface area contributed by atoms with Crippen molar-refractivity contribution < 1.29 is 4.52 Å². The highest BCUT2D eigenvalue weighted by atomic mass is 16.5. The van der Waals surface area contributed by atoms with Gasteiger partial charge in [0, 0.05) is 32.0 Å². The van der Waals surface area contributed by atoms with Crippen LogP contribution in [-0.2, 0) is 6.42 Å². The quantitative estimate of drug-likeness (QED) is 0.818. The molecule has 0 fully saturated rings. The molecule has 7 nitrogen and oxygen atoms in total. The van der Waals surface area contributed by atoms with Gasteiger partial charge < -0.3 is 15.2 Å². The first kappa shape index (κ1) is 13.3. The van der Waals surface area contributed by atoms with Gasteiger partial charge in [-0.3, -0.25) is 0 Å². The topological polar surface area (TPSA) is 88.8 Å². The van der Waals surface area contributed by atoms with Gasteiger partial charge >= 0.3 is 0 Å². The monoisotopic (exact) mass is 262 g/mol. The van der Waals surface area contributed by atoms with Crippen molar-refractivity contribution in [1.82, 2.24) is 20.1 Å². The van der Waals surface area contributed by atoms with Crippen molar-refractivity contribution in [3.05, 3.63) is 24.1 Å². The van der Waals surface area contributed by atoms with Gasteiger partial charge in [-0.15, -0.1) is 0 Å². The Morgan fingerprint density at radius 1 is 1.26 bits per heavy atom. The largest absolute Gasteiger partial charge is 0.373 e. The minimum Gasteiger partial charge on any atom is -0.373 e. The summed E-state index contributed by atoms with van der Waals surface area (Å²) in [5.41, 5.74) is 0. The van der Waals surface area contributed by atoms with Crippen LogP contribution in [0.5, 0.6) is 0 Å². The predicted molar refractivity (Wildman–Crippen MR) is 72.2 cm³/mol. The molecule has 19 heavy (non-hydrogen) atoms. The molecule has 0 saturated carbocycles. The third-order valence-corrected chi connectivity index (χ3v) is 2.58. The second kappa shape index (κ2) is 6.12. The van der Waals surface area contributed by atoms with E-state index in [1.54, 1.807) is 0 Å². The Bertz CT molecular complexity index is 511. The summed E-state index contributed by atoms with van der Waals surface area (Å²) in [4.78, 5) is 12.8. The highest BCUT2D eigenvalue weighted by molar-refractivity contribution is 5.47. The Balaban J connectivity index is 2.00. The Hall–Kier alpha value is -2.18. The summed E-state index contributed by atoms with van der Waals surface area (Å²) in [5, 5.41) is 10.0. The van der Waals surface area contributed by atoms with E-state index in [1.165, 1.54) is 6.39 Å². The second-order valence-corrected chi connectivity index (χ2v) is 4.43. The van der Waals surface area contributed by atoms with E-state index in [0.717, 1.165) is 17.5 Å². The number of anilines is 2. The Kier molecular flexibility index (Phi) is 4.27. The summed E-state index contributed by atoms with van der Waals surface area (Å²) < 4.78 is 4.68. The second-order valence-electron chi connectivity index (χ2n) is 4.43. The smallest absolute Gasteiger partial charge is 0.213 e. The lowest BCUT2D eigenvalue weighted by Gasteiger charge is -2.10. The Morgan fingerprint density at radius 3 is 2.68 bits per heavy atom. The van der Waals surface area contributed by atoms with Gasteiger partial charge in [-0.2, -0.15) is 4.98 Å². The van der Waals surface area contributed by atoms with E-state index >= 15 is 0 Å². The minimum absolute atomic E-state index is 0.283. The van der Waals surface area contributed by atoms with Gasteiger partial charge in [-0.1, -0.05) is 19.0 Å². The third-order valence-electron chi connectivity index (χ3n) is 2.58. The fourth-order valence-corrected chi connectivity index (χ4v) is 1.55. The summed E-state index contributed by atoms with van der Waals surface area (Å²) in [5.74, 6) is 3.38. The molecular formula is C12H18N6O. The maximum Gasteiger partial charge on any atom is 0.213 e. The standard InChI is InChI=1S/C12H18N6O/c1-8(2)12-16-10(13-3)6-11(17-12)14-5-4-9-15-7-19-18-9/h6-8H,4-5H2,1-3H3,(H2,13,14,16,17). The van der Waals surface area contributed by atoms with Gasteiger partial charge in [0.15, 0.2) is 5.82 Å². The van der Waals surface area contributed by atoms with Crippen LogP contribution in [0.1, 0.15) is 31.4 Å². The molecule has 0 aromatic carbocycles. The molecule has 2 N–H and O–H groups in total. The minimum atomic E-state index is 0.283. The fraction of sp³-hybridized carbons (Fsp3) is 0.500. The number of aromatic nitrogens is 4. The van der Waals surface area contributed by atoms with Crippen LogP contribution >= 0.6 is 0 Å². The highest BCUT2D eigenvalue weighted by Gasteiger charge is 2.07. The van der Waals surface area contributed by atoms with Crippen molar-refractivity contribution in [2.45, 2.75) is 26.2 Å². The van der Waals surface area contributed by atoms with Crippen LogP contribution in [0, 0.1) is 0 Å². The highest BCUT2D eigenvalue weighted by Crippen LogP contribution is 2.16. The van der Waals surface area contributed by atoms with Crippen LogP contribution < -0.4 is 10.6 Å². The van der Waals surface area contributed by atoms with E-state index in [0.29, 0.717) is 18.8 Å². The molecule has 0 unspecified atom stereocenters. The fourth-order valence-electron chi connectivity index (χ4n) is 1.55. The van der Waals surface area contributed by atoms with Crippen LogP contribution in [0.3, 0.4) is 0 Å². The van der Waals surface area contributed by atoms with E-state index in [1.807, 2.05) is 13.1 Å². The molecule has 7 heteroatoms. The molecule has 0 saturated heterocycles. The van der Waals surface area contributed by atoms with Gasteiger partial charge in [0.25, 0.3) is 0 Å². The molecule has 0 aliphatic rings. The summed E-state index contributed by atoms with van der Waals surface area (Å²) >= 11 is 0. The number of hydrogen-bond acceptors (Lipinski definition) is 7. The van der Waals surface area contributed by atoms with Crippen LogP contribution in [0.25, 0.3) is 0 Å². The lowest BCUT2D eigenvalue weighted by atomic mass is 10.2. The molecule has 0 atom stereocenters. The molecular weight excluding hydrogens is 244 g/mol. The van der Waals surface area contributed by atoms with Gasteiger partial charge in [0.05, 0.1) is 0 Å². The molecule has 2 rings (SSSR count). The molecule has 0 aliphatic carbocycles. The zero-order valence-electron chi connectivity index (χ0n) is 11.3. The van der Waals surface area contributed by atoms with E-state index in [-0.39, 0.29) is 5.92 Å². The molecule has 0 aliphatic heterocycles. The molecule has 0 radical (unpaired) electrons. The number of rotatable bonds is 6. The first-order valence-electron chi connectivity index (χ1n) is 6.25. The average molecular weight is 262 g/mol. The molecule has 0 spiro atoms. The molecule has 2 aromatic rings. The first-order valence-corrected chi connectivity index (χ1v) is 6.25. The van der Waals surface area contributed by atoms with Crippen molar-refractivity contribution in [3.63, 3.8) is 0 Å². The van der Waals surface area contributed by atoms with Crippen molar-refractivity contribution in [2.24, 2.45) is 0 Å². The maximum atomic E-state index is 4.68. The summed E-state index contributed by atoms with van der Waals surface area (Å²) in [6, 6.07) is 1.88. The summed E-state index contributed by atoms with van der Waals surface area (Å²) in [6.07, 6.45) is 2.02. The zero-order valence-corrected chi connectivity index (χ0v) is 11.3. The molecule has 102 valence electrons. The van der Waals surface area contributed by atoms with Gasteiger partial charge in [-0.25, -0.2) is 9.97 Å². The number of nitrogens with one attached hydrogen (secondary N) is 2. The van der Waals surface area contributed by atoms with Crippen LogP contribution in [0.4, 0.5) is 11.6 Å². The van der Waals surface area contributed by atoms with E-state index in [4.69, 9.17) is 0 Å². The number of nitrogens with zero attached hydrogens (tertiary/aromatic N) is 4. The van der Waals surface area contributed by atoms with Gasteiger partial charge in [0.1, 0.15) is 17.5 Å². The Morgan fingerprint density at radius 2 is 2.05 bits per heavy atom. The number of hydrogen-bond donors (Lipinski definition) is 2. The molecule has 2 aromatic heterocycles. The van der Waals surface area contributed by atoms with Gasteiger partial charge in [-0.05, 0) is 0 Å². The predicted octanol–water partition coefficient (Wildman–Crippen LogP) is 1.68. The van der Waals surface area contributed by atoms with E-state index in [9.17, 15) is 0 Å². The van der Waals surface area contributed by atoms with Crippen molar-refractivity contribution in [3.8, 4) is 0 Å². The normalized spacial score (nSPS) is 10.7. The van der Waals surface area contributed by atoms with Crippen molar-refractivity contribution >= 4 is 11.6 Å². The third kappa shape index (κ3) is 3.64. The van der Waals surface area contributed by atoms with Crippen LogP contribution in [-0.4, -0.2) is 33.7 Å². The first-order chi connectivity index (χ1) is 9.19. The summed E-state index contributed by atoms with van der Waals surface area (Å²) in [6.45, 7) is 4.83.